The van der Waals surface area contributed by atoms with Crippen LogP contribution in [-0.2, 0) is 4.79 Å². The molecule has 4 N–H and O–H groups in total. The lowest BCUT2D eigenvalue weighted by Crippen LogP contribution is -2.36. The molecule has 1 rings (SSSR count). The van der Waals surface area contributed by atoms with Gasteiger partial charge in [-0.3, -0.25) is 4.79 Å². The van der Waals surface area contributed by atoms with Crippen molar-refractivity contribution in [2.45, 2.75) is 12.1 Å². The second-order valence-corrected chi connectivity index (χ2v) is 3.82. The van der Waals surface area contributed by atoms with E-state index in [0.717, 1.165) is 0 Å². The van der Waals surface area contributed by atoms with Gasteiger partial charge in [-0.1, -0.05) is 23.2 Å². The van der Waals surface area contributed by atoms with Gasteiger partial charge in [0.2, 0.25) is 0 Å². The summed E-state index contributed by atoms with van der Waals surface area (Å²) in [6.45, 7) is 0. The minimum absolute atomic E-state index is 0.207. The van der Waals surface area contributed by atoms with Gasteiger partial charge in [-0.05, 0) is 18.2 Å². The molecule has 4 nitrogen and oxygen atoms in total. The Balaban J connectivity index is 3.04. The van der Waals surface area contributed by atoms with Gasteiger partial charge in [0.05, 0.1) is 0 Å². The van der Waals surface area contributed by atoms with Gasteiger partial charge in [0.25, 0.3) is 0 Å². The Hall–Kier alpha value is -0.810. The lowest BCUT2D eigenvalue weighted by atomic mass is 10.0. The van der Waals surface area contributed by atoms with E-state index in [1.807, 2.05) is 0 Å². The second kappa shape index (κ2) is 4.81. The van der Waals surface area contributed by atoms with Crippen molar-refractivity contribution in [3.8, 4) is 0 Å². The van der Waals surface area contributed by atoms with Crippen molar-refractivity contribution >= 4 is 29.2 Å². The zero-order valence-corrected chi connectivity index (χ0v) is 9.03. The third-order valence-electron chi connectivity index (χ3n) is 1.90. The largest absolute Gasteiger partial charge is 0.480 e. The zero-order chi connectivity index (χ0) is 11.6. The molecule has 6 heteroatoms. The molecule has 0 radical (unpaired) electrons. The number of aliphatic carboxylic acids is 1. The number of aliphatic hydroxyl groups is 1. The molecule has 2 unspecified atom stereocenters. The van der Waals surface area contributed by atoms with Gasteiger partial charge in [0, 0.05) is 15.6 Å². The highest BCUT2D eigenvalue weighted by atomic mass is 35.5. The summed E-state index contributed by atoms with van der Waals surface area (Å²) in [6.07, 6.45) is -1.38. The molecule has 1 aromatic carbocycles. The quantitative estimate of drug-likeness (QED) is 0.757. The van der Waals surface area contributed by atoms with E-state index in [1.54, 1.807) is 0 Å². The van der Waals surface area contributed by atoms with E-state index in [-0.39, 0.29) is 10.6 Å². The van der Waals surface area contributed by atoms with Crippen molar-refractivity contribution < 1.29 is 15.0 Å². The van der Waals surface area contributed by atoms with E-state index in [9.17, 15) is 9.90 Å². The minimum Gasteiger partial charge on any atom is -0.480 e. The lowest BCUT2D eigenvalue weighted by Gasteiger charge is -2.16. The Morgan fingerprint density at radius 2 is 2.00 bits per heavy atom. The highest BCUT2D eigenvalue weighted by molar-refractivity contribution is 6.33. The van der Waals surface area contributed by atoms with Crippen LogP contribution in [0.3, 0.4) is 0 Å². The average molecular weight is 250 g/mol. The summed E-state index contributed by atoms with van der Waals surface area (Å²) in [5.74, 6) is -1.31. The van der Waals surface area contributed by atoms with Crippen LogP contribution in [0.4, 0.5) is 0 Å². The summed E-state index contributed by atoms with van der Waals surface area (Å²) >= 11 is 11.5. The summed E-state index contributed by atoms with van der Waals surface area (Å²) in [4.78, 5) is 10.5. The maximum Gasteiger partial charge on any atom is 0.323 e. The van der Waals surface area contributed by atoms with Crippen LogP contribution in [0.25, 0.3) is 0 Å². The number of nitrogens with two attached hydrogens (primary N) is 1. The van der Waals surface area contributed by atoms with Crippen LogP contribution < -0.4 is 5.73 Å². The van der Waals surface area contributed by atoms with Crippen LogP contribution >= 0.6 is 23.2 Å². The summed E-state index contributed by atoms with van der Waals surface area (Å²) in [6, 6.07) is 2.96. The molecule has 1 aromatic rings. The number of carboxylic acids is 1. The molecule has 2 atom stereocenters. The SMILES string of the molecule is NC(C(=O)O)C(O)c1cc(Cl)ccc1Cl. The summed E-state index contributed by atoms with van der Waals surface area (Å²) < 4.78 is 0. The number of benzene rings is 1. The summed E-state index contributed by atoms with van der Waals surface area (Å²) in [7, 11) is 0. The lowest BCUT2D eigenvalue weighted by molar-refractivity contribution is -0.141. The van der Waals surface area contributed by atoms with Gasteiger partial charge < -0.3 is 15.9 Å². The van der Waals surface area contributed by atoms with E-state index < -0.39 is 18.1 Å². The van der Waals surface area contributed by atoms with Gasteiger partial charge >= 0.3 is 5.97 Å². The van der Waals surface area contributed by atoms with Crippen molar-refractivity contribution in [2.75, 3.05) is 0 Å². The second-order valence-electron chi connectivity index (χ2n) is 2.97. The van der Waals surface area contributed by atoms with Crippen LogP contribution in [-0.4, -0.2) is 22.2 Å². The predicted octanol–water partition coefficient (Wildman–Crippen LogP) is 1.44. The smallest absolute Gasteiger partial charge is 0.323 e. The number of carboxylic acid groups (broad SMARTS) is 1. The van der Waals surface area contributed by atoms with Crippen molar-refractivity contribution in [1.82, 2.24) is 0 Å². The van der Waals surface area contributed by atoms with E-state index >= 15 is 0 Å². The van der Waals surface area contributed by atoms with Gasteiger partial charge in [0.15, 0.2) is 0 Å². The Labute approximate surface area is 96.2 Å². The van der Waals surface area contributed by atoms with Crippen molar-refractivity contribution in [3.05, 3.63) is 33.8 Å². The van der Waals surface area contributed by atoms with E-state index in [0.29, 0.717) is 5.02 Å². The zero-order valence-electron chi connectivity index (χ0n) is 7.52. The molecular weight excluding hydrogens is 241 g/mol. The molecule has 0 spiro atoms. The molecule has 15 heavy (non-hydrogen) atoms. The maximum absolute atomic E-state index is 10.5. The van der Waals surface area contributed by atoms with Gasteiger partial charge in [-0.15, -0.1) is 0 Å². The van der Waals surface area contributed by atoms with Crippen LogP contribution in [0.2, 0.25) is 10.0 Å². The molecule has 0 saturated carbocycles. The number of hydrogen-bond acceptors (Lipinski definition) is 3. The van der Waals surface area contributed by atoms with Crippen LogP contribution in [0, 0.1) is 0 Å². The third-order valence-corrected chi connectivity index (χ3v) is 2.48. The Morgan fingerprint density at radius 1 is 1.40 bits per heavy atom. The molecule has 0 amide bonds. The predicted molar refractivity (Wildman–Crippen MR) is 57.0 cm³/mol. The van der Waals surface area contributed by atoms with Gasteiger partial charge in [0.1, 0.15) is 12.1 Å². The fraction of sp³-hybridized carbons (Fsp3) is 0.222. The first kappa shape index (κ1) is 12.3. The summed E-state index contributed by atoms with van der Waals surface area (Å²) in [5, 5.41) is 18.8. The molecule has 0 bridgehead atoms. The highest BCUT2D eigenvalue weighted by Crippen LogP contribution is 2.27. The topological polar surface area (TPSA) is 83.6 Å². The number of aliphatic hydroxyl groups excluding tert-OH is 1. The molecule has 0 saturated heterocycles. The average Bonchev–Trinajstić information content (AvgIpc) is 2.19. The van der Waals surface area contributed by atoms with E-state index in [1.165, 1.54) is 18.2 Å². The molecule has 82 valence electrons. The van der Waals surface area contributed by atoms with Crippen LogP contribution in [0.5, 0.6) is 0 Å². The Bertz CT molecular complexity index is 384. The Morgan fingerprint density at radius 3 is 2.53 bits per heavy atom. The standard InChI is InChI=1S/C9H9Cl2NO3/c10-4-1-2-6(11)5(3-4)8(13)7(12)9(14)15/h1-3,7-8,13H,12H2,(H,14,15). The van der Waals surface area contributed by atoms with Gasteiger partial charge in [-0.25, -0.2) is 0 Å². The molecule has 0 aromatic heterocycles. The number of rotatable bonds is 3. The fourth-order valence-electron chi connectivity index (χ4n) is 1.07. The molecule has 0 heterocycles. The summed E-state index contributed by atoms with van der Waals surface area (Å²) in [5.41, 5.74) is 5.47. The number of halogens is 2. The van der Waals surface area contributed by atoms with Crippen LogP contribution in [0.1, 0.15) is 11.7 Å². The molecule has 0 fully saturated rings. The maximum atomic E-state index is 10.5. The first-order valence-electron chi connectivity index (χ1n) is 4.05. The molecular formula is C9H9Cl2NO3. The monoisotopic (exact) mass is 249 g/mol. The number of carbonyl (C=O) groups is 1. The first-order chi connectivity index (χ1) is 6.93. The van der Waals surface area contributed by atoms with Gasteiger partial charge in [-0.2, -0.15) is 0 Å². The van der Waals surface area contributed by atoms with E-state index in [4.69, 9.17) is 34.0 Å². The molecule has 0 aliphatic rings. The first-order valence-corrected chi connectivity index (χ1v) is 4.80. The number of hydrogen-bond donors (Lipinski definition) is 3. The normalized spacial score (nSPS) is 14.7. The highest BCUT2D eigenvalue weighted by Gasteiger charge is 2.25. The van der Waals surface area contributed by atoms with E-state index in [2.05, 4.69) is 0 Å². The third kappa shape index (κ3) is 2.82. The van der Waals surface area contributed by atoms with Crippen LogP contribution in [0.15, 0.2) is 18.2 Å². The molecule has 0 aliphatic carbocycles. The minimum atomic E-state index is -1.43. The molecule has 0 aliphatic heterocycles. The van der Waals surface area contributed by atoms with Crippen molar-refractivity contribution in [3.63, 3.8) is 0 Å². The van der Waals surface area contributed by atoms with Crippen molar-refractivity contribution in [1.29, 1.82) is 0 Å². The Kier molecular flexibility index (Phi) is 3.93. The fourth-order valence-corrected chi connectivity index (χ4v) is 1.48. The van der Waals surface area contributed by atoms with Crippen molar-refractivity contribution in [2.24, 2.45) is 5.73 Å².